The van der Waals surface area contributed by atoms with Crippen molar-refractivity contribution in [1.82, 2.24) is 5.32 Å². The van der Waals surface area contributed by atoms with Crippen molar-refractivity contribution in [2.45, 2.75) is 38.1 Å². The van der Waals surface area contributed by atoms with Gasteiger partial charge in [-0.15, -0.1) is 0 Å². The number of carboxylic acids is 1. The maximum absolute atomic E-state index is 11.4. The van der Waals surface area contributed by atoms with Crippen LogP contribution in [0.3, 0.4) is 0 Å². The van der Waals surface area contributed by atoms with Crippen molar-refractivity contribution in [3.8, 4) is 0 Å². The Bertz CT molecular complexity index is 248. The number of hydrogen-bond acceptors (Lipinski definition) is 4. The molecule has 0 aromatic rings. The molecule has 0 aliphatic rings. The number of amides is 1. The van der Waals surface area contributed by atoms with E-state index in [1.54, 1.807) is 0 Å². The van der Waals surface area contributed by atoms with E-state index in [1.807, 2.05) is 0 Å². The summed E-state index contributed by atoms with van der Waals surface area (Å²) in [5.74, 6) is -1.00. The van der Waals surface area contributed by atoms with Crippen molar-refractivity contribution in [2.24, 2.45) is 11.5 Å². The standard InChI is InChI=1S/C10H21N3O3.2ClH.Pt/c11-6-3-4-8(12)10(16)13-7-2-1-5-9(14)15;;;/h8H,1-7,11-12H2,(H,13,16)(H,14,15);2*1H;/q;;;+2/p-2. The molecule has 0 spiro atoms. The molecule has 6 nitrogen and oxygen atoms in total. The number of rotatable bonds is 9. The van der Waals surface area contributed by atoms with Gasteiger partial charge in [0.05, 0.1) is 6.04 Å². The van der Waals surface area contributed by atoms with E-state index in [9.17, 15) is 9.59 Å². The average Bonchev–Trinajstić information content (AvgIpc) is 2.35. The van der Waals surface area contributed by atoms with Gasteiger partial charge in [-0.3, -0.25) is 9.59 Å². The van der Waals surface area contributed by atoms with Gasteiger partial charge in [-0.2, -0.15) is 0 Å². The van der Waals surface area contributed by atoms with Crippen molar-refractivity contribution in [1.29, 1.82) is 0 Å². The zero-order valence-corrected chi connectivity index (χ0v) is 14.3. The van der Waals surface area contributed by atoms with Crippen LogP contribution in [0.15, 0.2) is 0 Å². The Morgan fingerprint density at radius 1 is 1.26 bits per heavy atom. The number of nitrogens with one attached hydrogen (secondary N) is 1. The topological polar surface area (TPSA) is 118 Å². The van der Waals surface area contributed by atoms with E-state index in [1.165, 1.54) is 0 Å². The van der Waals surface area contributed by atoms with Crippen LogP contribution in [0.1, 0.15) is 32.1 Å². The molecule has 0 heterocycles. The molecule has 1 amide bonds. The molecule has 0 aromatic carbocycles. The number of aliphatic carboxylic acids is 1. The fourth-order valence-electron chi connectivity index (χ4n) is 1.21. The van der Waals surface area contributed by atoms with Crippen LogP contribution in [0.4, 0.5) is 0 Å². The van der Waals surface area contributed by atoms with Crippen LogP contribution in [0.5, 0.6) is 0 Å². The van der Waals surface area contributed by atoms with Gasteiger partial charge in [0.2, 0.25) is 5.91 Å². The molecule has 0 rings (SSSR count). The van der Waals surface area contributed by atoms with Crippen LogP contribution >= 0.6 is 18.8 Å². The summed E-state index contributed by atoms with van der Waals surface area (Å²) in [5, 5.41) is 11.1. The van der Waals surface area contributed by atoms with Crippen molar-refractivity contribution in [3.05, 3.63) is 0 Å². The zero-order valence-electron chi connectivity index (χ0n) is 10.5. The summed E-state index contributed by atoms with van der Waals surface area (Å²) >= 11 is -0.472. The molecule has 0 bridgehead atoms. The van der Waals surface area contributed by atoms with E-state index in [0.29, 0.717) is 32.4 Å². The van der Waals surface area contributed by atoms with Gasteiger partial charge in [-0.1, -0.05) is 0 Å². The fourth-order valence-corrected chi connectivity index (χ4v) is 1.21. The first kappa shape index (κ1) is 21.4. The van der Waals surface area contributed by atoms with E-state index in [2.05, 4.69) is 5.32 Å². The van der Waals surface area contributed by atoms with Crippen molar-refractivity contribution in [2.75, 3.05) is 13.1 Å². The SMILES string of the molecule is NCCCC(N)C(=O)NCCCCC(=O)O.[Cl][Pt][Cl]. The third-order valence-corrected chi connectivity index (χ3v) is 2.17. The Morgan fingerprint density at radius 3 is 2.32 bits per heavy atom. The second-order valence-electron chi connectivity index (χ2n) is 3.72. The first-order valence-electron chi connectivity index (χ1n) is 5.77. The van der Waals surface area contributed by atoms with Crippen molar-refractivity contribution < 1.29 is 31.2 Å². The molecule has 118 valence electrons. The number of nitrogens with two attached hydrogens (primary N) is 2. The summed E-state index contributed by atoms with van der Waals surface area (Å²) in [5.41, 5.74) is 10.9. The second kappa shape index (κ2) is 16.2. The first-order chi connectivity index (χ1) is 8.99. The molecule has 1 atom stereocenters. The molecular weight excluding hydrogens is 476 g/mol. The predicted octanol–water partition coefficient (Wildman–Crippen LogP) is 0.800. The molecule has 0 aromatic heterocycles. The Kier molecular flexibility index (Phi) is 18.3. The van der Waals surface area contributed by atoms with Crippen LogP contribution < -0.4 is 16.8 Å². The third-order valence-electron chi connectivity index (χ3n) is 2.17. The summed E-state index contributed by atoms with van der Waals surface area (Å²) < 4.78 is 0. The zero-order chi connectivity index (χ0) is 15.1. The Hall–Kier alpha value is 0.128. The molecular formula is C10H21Cl2N3O3Pt. The molecule has 0 saturated heterocycles. The molecule has 6 N–H and O–H groups in total. The van der Waals surface area contributed by atoms with Gasteiger partial charge in [0.1, 0.15) is 0 Å². The van der Waals surface area contributed by atoms with Crippen molar-refractivity contribution in [3.63, 3.8) is 0 Å². The van der Waals surface area contributed by atoms with Gasteiger partial charge in [-0.05, 0) is 32.2 Å². The van der Waals surface area contributed by atoms with Crippen LogP contribution in [-0.4, -0.2) is 36.1 Å². The normalized spacial score (nSPS) is 11.4. The number of carbonyl (C=O) groups excluding carboxylic acids is 1. The fraction of sp³-hybridized carbons (Fsp3) is 0.800. The quantitative estimate of drug-likeness (QED) is 0.352. The first-order valence-corrected chi connectivity index (χ1v) is 11.4. The van der Waals surface area contributed by atoms with Gasteiger partial charge >= 0.3 is 41.3 Å². The molecule has 1 unspecified atom stereocenters. The number of carbonyl (C=O) groups is 2. The van der Waals surface area contributed by atoms with E-state index in [-0.39, 0.29) is 12.3 Å². The molecule has 0 saturated carbocycles. The van der Waals surface area contributed by atoms with Gasteiger partial charge in [0.15, 0.2) is 0 Å². The van der Waals surface area contributed by atoms with Crippen LogP contribution in [0.25, 0.3) is 0 Å². The predicted molar refractivity (Wildman–Crippen MR) is 72.5 cm³/mol. The molecule has 0 aliphatic heterocycles. The molecule has 0 radical (unpaired) electrons. The Balaban J connectivity index is 0. The summed E-state index contributed by atoms with van der Waals surface area (Å²) in [7, 11) is 9.75. The Morgan fingerprint density at radius 2 is 1.84 bits per heavy atom. The summed E-state index contributed by atoms with van der Waals surface area (Å²) in [6.45, 7) is 1.00. The number of hydrogen-bond donors (Lipinski definition) is 4. The monoisotopic (exact) mass is 496 g/mol. The number of halogens is 2. The summed E-state index contributed by atoms with van der Waals surface area (Å²) in [6.07, 6.45) is 2.66. The maximum atomic E-state index is 11.4. The van der Waals surface area contributed by atoms with Gasteiger partial charge in [0.25, 0.3) is 0 Å². The van der Waals surface area contributed by atoms with Crippen LogP contribution in [-0.2, 0) is 26.1 Å². The molecule has 0 aliphatic carbocycles. The molecule has 0 fully saturated rings. The third kappa shape index (κ3) is 18.1. The van der Waals surface area contributed by atoms with Crippen molar-refractivity contribution >= 4 is 30.7 Å². The second-order valence-corrected chi connectivity index (χ2v) is 7.01. The minimum atomic E-state index is -0.814. The molecule has 19 heavy (non-hydrogen) atoms. The number of unbranched alkanes of at least 4 members (excludes halogenated alkanes) is 1. The van der Waals surface area contributed by atoms with Gasteiger partial charge in [0, 0.05) is 13.0 Å². The van der Waals surface area contributed by atoms with E-state index >= 15 is 0 Å². The minimum absolute atomic E-state index is 0.134. The van der Waals surface area contributed by atoms with E-state index in [0.717, 1.165) is 6.42 Å². The number of carboxylic acid groups (broad SMARTS) is 1. The Labute approximate surface area is 130 Å². The molecule has 9 heteroatoms. The van der Waals surface area contributed by atoms with E-state index in [4.69, 9.17) is 35.4 Å². The summed E-state index contributed by atoms with van der Waals surface area (Å²) in [4.78, 5) is 21.6. The van der Waals surface area contributed by atoms with E-state index < -0.39 is 28.5 Å². The van der Waals surface area contributed by atoms with Gasteiger partial charge < -0.3 is 21.9 Å². The van der Waals surface area contributed by atoms with Crippen LogP contribution in [0, 0.1) is 0 Å². The average molecular weight is 497 g/mol. The van der Waals surface area contributed by atoms with Crippen LogP contribution in [0.2, 0.25) is 0 Å². The summed E-state index contributed by atoms with van der Waals surface area (Å²) in [6, 6.07) is -0.511. The van der Waals surface area contributed by atoms with Gasteiger partial charge in [-0.25, -0.2) is 0 Å².